The van der Waals surface area contributed by atoms with Crippen LogP contribution in [0.4, 0.5) is 0 Å². The molecule has 1 aliphatic rings. The van der Waals surface area contributed by atoms with Gasteiger partial charge in [0.1, 0.15) is 0 Å². The fraction of sp³-hybridized carbons (Fsp3) is 0.571. The summed E-state index contributed by atoms with van der Waals surface area (Å²) in [6.07, 6.45) is 3.93. The number of rotatable bonds is 4. The molecule has 2 nitrogen and oxygen atoms in total. The third kappa shape index (κ3) is 4.13. The minimum Gasteiger partial charge on any atom is -0.313 e. The van der Waals surface area contributed by atoms with Crippen LogP contribution in [-0.2, 0) is 6.54 Å². The van der Waals surface area contributed by atoms with Gasteiger partial charge < -0.3 is 10.2 Å². The van der Waals surface area contributed by atoms with E-state index >= 15 is 0 Å². The summed E-state index contributed by atoms with van der Waals surface area (Å²) in [5.74, 6) is 0. The van der Waals surface area contributed by atoms with Crippen LogP contribution >= 0.6 is 23.2 Å². The number of piperidine rings is 1. The summed E-state index contributed by atoms with van der Waals surface area (Å²) in [5, 5.41) is 5.01. The summed E-state index contributed by atoms with van der Waals surface area (Å²) >= 11 is 12.1. The van der Waals surface area contributed by atoms with E-state index in [1.807, 2.05) is 18.2 Å². The average Bonchev–Trinajstić information content (AvgIpc) is 2.34. The lowest BCUT2D eigenvalue weighted by Gasteiger charge is -2.28. The Bertz CT molecular complexity index is 389. The van der Waals surface area contributed by atoms with Crippen molar-refractivity contribution in [2.75, 3.05) is 20.1 Å². The smallest absolute Gasteiger partial charge is 0.0465 e. The van der Waals surface area contributed by atoms with E-state index in [0.29, 0.717) is 11.1 Å². The first-order valence-corrected chi connectivity index (χ1v) is 7.26. The van der Waals surface area contributed by atoms with Gasteiger partial charge in [0.15, 0.2) is 0 Å². The van der Waals surface area contributed by atoms with E-state index in [9.17, 15) is 0 Å². The van der Waals surface area contributed by atoms with Crippen molar-refractivity contribution in [3.8, 4) is 0 Å². The SMILES string of the molecule is CN(Cc1ccc(Cl)cc1Cl)CC1CCCCN1. The first-order valence-electron chi connectivity index (χ1n) is 6.51. The molecule has 0 aliphatic carbocycles. The van der Waals surface area contributed by atoms with Crippen LogP contribution in [0.1, 0.15) is 24.8 Å². The Hall–Kier alpha value is -0.280. The summed E-state index contributed by atoms with van der Waals surface area (Å²) in [7, 11) is 2.14. The van der Waals surface area contributed by atoms with Crippen LogP contribution in [0.2, 0.25) is 10.0 Å². The topological polar surface area (TPSA) is 15.3 Å². The molecule has 0 bridgehead atoms. The first kappa shape index (κ1) is 14.1. The zero-order valence-electron chi connectivity index (χ0n) is 10.8. The average molecular weight is 287 g/mol. The van der Waals surface area contributed by atoms with Crippen molar-refractivity contribution in [3.05, 3.63) is 33.8 Å². The lowest BCUT2D eigenvalue weighted by atomic mass is 10.0. The summed E-state index contributed by atoms with van der Waals surface area (Å²) in [6, 6.07) is 6.34. The Morgan fingerprint density at radius 2 is 2.17 bits per heavy atom. The van der Waals surface area contributed by atoms with Gasteiger partial charge in [-0.05, 0) is 44.1 Å². The molecular weight excluding hydrogens is 267 g/mol. The van der Waals surface area contributed by atoms with Gasteiger partial charge in [0.25, 0.3) is 0 Å². The highest BCUT2D eigenvalue weighted by molar-refractivity contribution is 6.35. The Morgan fingerprint density at radius 3 is 2.83 bits per heavy atom. The van der Waals surface area contributed by atoms with Gasteiger partial charge in [0, 0.05) is 29.2 Å². The van der Waals surface area contributed by atoms with Crippen molar-refractivity contribution < 1.29 is 0 Å². The van der Waals surface area contributed by atoms with Crippen LogP contribution in [0, 0.1) is 0 Å². The van der Waals surface area contributed by atoms with Crippen molar-refractivity contribution in [1.29, 1.82) is 0 Å². The molecule has 1 saturated heterocycles. The van der Waals surface area contributed by atoms with Crippen LogP contribution in [0.25, 0.3) is 0 Å². The highest BCUT2D eigenvalue weighted by Gasteiger charge is 2.15. The zero-order chi connectivity index (χ0) is 13.0. The molecule has 0 aromatic heterocycles. The van der Waals surface area contributed by atoms with Crippen molar-refractivity contribution in [2.45, 2.75) is 31.8 Å². The minimum atomic E-state index is 0.620. The van der Waals surface area contributed by atoms with Crippen molar-refractivity contribution in [2.24, 2.45) is 0 Å². The molecule has 1 N–H and O–H groups in total. The predicted octanol–water partition coefficient (Wildman–Crippen LogP) is 3.57. The second-order valence-corrected chi connectivity index (χ2v) is 5.92. The third-order valence-electron chi connectivity index (χ3n) is 3.40. The highest BCUT2D eigenvalue weighted by atomic mass is 35.5. The van der Waals surface area contributed by atoms with Crippen LogP contribution in [0.5, 0.6) is 0 Å². The van der Waals surface area contributed by atoms with Gasteiger partial charge in [-0.15, -0.1) is 0 Å². The molecule has 1 atom stereocenters. The maximum atomic E-state index is 6.19. The number of nitrogens with one attached hydrogen (secondary N) is 1. The predicted molar refractivity (Wildman–Crippen MR) is 78.4 cm³/mol. The zero-order valence-corrected chi connectivity index (χ0v) is 12.3. The van der Waals surface area contributed by atoms with Gasteiger partial charge in [-0.2, -0.15) is 0 Å². The largest absolute Gasteiger partial charge is 0.313 e. The molecule has 1 aromatic carbocycles. The Labute approximate surface area is 119 Å². The molecule has 1 fully saturated rings. The van der Waals surface area contributed by atoms with Crippen molar-refractivity contribution in [3.63, 3.8) is 0 Å². The molecule has 0 spiro atoms. The molecule has 1 aromatic rings. The number of benzene rings is 1. The molecule has 1 heterocycles. The molecule has 1 aliphatic heterocycles. The fourth-order valence-corrected chi connectivity index (χ4v) is 2.93. The van der Waals surface area contributed by atoms with E-state index in [2.05, 4.69) is 17.3 Å². The quantitative estimate of drug-likeness (QED) is 0.910. The molecule has 18 heavy (non-hydrogen) atoms. The van der Waals surface area contributed by atoms with Gasteiger partial charge in [-0.3, -0.25) is 0 Å². The highest BCUT2D eigenvalue weighted by Crippen LogP contribution is 2.22. The Balaban J connectivity index is 1.87. The van der Waals surface area contributed by atoms with Crippen LogP contribution in [0.3, 0.4) is 0 Å². The van der Waals surface area contributed by atoms with Gasteiger partial charge >= 0.3 is 0 Å². The Kier molecular flexibility index (Phi) is 5.31. The molecule has 0 radical (unpaired) electrons. The number of halogens is 2. The molecule has 100 valence electrons. The molecule has 0 saturated carbocycles. The standard InChI is InChI=1S/C14H20Cl2N2/c1-18(10-13-4-2-3-7-17-13)9-11-5-6-12(15)8-14(11)16/h5-6,8,13,17H,2-4,7,9-10H2,1H3. The monoisotopic (exact) mass is 286 g/mol. The first-order chi connectivity index (χ1) is 8.65. The molecule has 1 unspecified atom stereocenters. The van der Waals surface area contributed by atoms with Crippen LogP contribution in [-0.4, -0.2) is 31.1 Å². The van der Waals surface area contributed by atoms with E-state index in [-0.39, 0.29) is 0 Å². The summed E-state index contributed by atoms with van der Waals surface area (Å²) in [4.78, 5) is 2.32. The van der Waals surface area contributed by atoms with Gasteiger partial charge in [-0.1, -0.05) is 35.7 Å². The van der Waals surface area contributed by atoms with Gasteiger partial charge in [0.05, 0.1) is 0 Å². The maximum Gasteiger partial charge on any atom is 0.0465 e. The summed E-state index contributed by atoms with van der Waals surface area (Å²) < 4.78 is 0. The van der Waals surface area contributed by atoms with E-state index in [0.717, 1.165) is 30.2 Å². The van der Waals surface area contributed by atoms with Crippen LogP contribution < -0.4 is 5.32 Å². The number of likely N-dealkylation sites (N-methyl/N-ethyl adjacent to an activating group) is 1. The lowest BCUT2D eigenvalue weighted by molar-refractivity contribution is 0.256. The van der Waals surface area contributed by atoms with Crippen molar-refractivity contribution >= 4 is 23.2 Å². The van der Waals surface area contributed by atoms with E-state index in [4.69, 9.17) is 23.2 Å². The van der Waals surface area contributed by atoms with Gasteiger partial charge in [0.2, 0.25) is 0 Å². The maximum absolute atomic E-state index is 6.19. The fourth-order valence-electron chi connectivity index (χ4n) is 2.46. The number of hydrogen-bond acceptors (Lipinski definition) is 2. The normalized spacial score (nSPS) is 20.3. The number of hydrogen-bond donors (Lipinski definition) is 1. The third-order valence-corrected chi connectivity index (χ3v) is 3.99. The van der Waals surface area contributed by atoms with E-state index in [1.54, 1.807) is 0 Å². The van der Waals surface area contributed by atoms with E-state index in [1.165, 1.54) is 19.3 Å². The van der Waals surface area contributed by atoms with Crippen molar-refractivity contribution in [1.82, 2.24) is 10.2 Å². The second kappa shape index (κ2) is 6.76. The van der Waals surface area contributed by atoms with Crippen LogP contribution in [0.15, 0.2) is 18.2 Å². The lowest BCUT2D eigenvalue weighted by Crippen LogP contribution is -2.42. The minimum absolute atomic E-state index is 0.620. The molecule has 2 rings (SSSR count). The number of nitrogens with zero attached hydrogens (tertiary/aromatic N) is 1. The second-order valence-electron chi connectivity index (χ2n) is 5.08. The molecular formula is C14H20Cl2N2. The van der Waals surface area contributed by atoms with Gasteiger partial charge in [-0.25, -0.2) is 0 Å². The molecule has 4 heteroatoms. The summed E-state index contributed by atoms with van der Waals surface area (Å²) in [6.45, 7) is 3.09. The van der Waals surface area contributed by atoms with E-state index < -0.39 is 0 Å². The summed E-state index contributed by atoms with van der Waals surface area (Å²) in [5.41, 5.74) is 1.14. The molecule has 0 amide bonds. The Morgan fingerprint density at radius 1 is 1.33 bits per heavy atom.